The summed E-state index contributed by atoms with van der Waals surface area (Å²) in [7, 11) is 2.05. The number of carbonyl (C=O) groups excluding carboxylic acids is 1. The predicted octanol–water partition coefficient (Wildman–Crippen LogP) is 2.25. The lowest BCUT2D eigenvalue weighted by molar-refractivity contribution is 0.0722. The molecule has 0 amide bonds. The summed E-state index contributed by atoms with van der Waals surface area (Å²) in [4.78, 5) is 20.3. The minimum atomic E-state index is -0.602. The van der Waals surface area contributed by atoms with Crippen LogP contribution in [0.1, 0.15) is 10.4 Å². The van der Waals surface area contributed by atoms with Crippen LogP contribution < -0.4 is 9.64 Å². The largest absolute Gasteiger partial charge is 0.400 e. The van der Waals surface area contributed by atoms with Gasteiger partial charge in [0.1, 0.15) is 0 Å². The van der Waals surface area contributed by atoms with Gasteiger partial charge in [-0.25, -0.2) is 4.79 Å². The first-order valence-corrected chi connectivity index (χ1v) is 7.82. The minimum absolute atomic E-state index is 0.243. The Kier molecular flexibility index (Phi) is 4.35. The van der Waals surface area contributed by atoms with E-state index in [4.69, 9.17) is 4.74 Å². The smallest absolute Gasteiger partial charge is 0.344 e. The fourth-order valence-electron chi connectivity index (χ4n) is 2.19. The second-order valence-corrected chi connectivity index (χ2v) is 6.05. The van der Waals surface area contributed by atoms with Gasteiger partial charge in [0.2, 0.25) is 5.13 Å². The Morgan fingerprint density at radius 1 is 1.23 bits per heavy atom. The maximum atomic E-state index is 14.0. The van der Waals surface area contributed by atoms with Gasteiger partial charge in [-0.15, -0.1) is 0 Å². The molecule has 1 aliphatic heterocycles. The lowest BCUT2D eigenvalue weighted by Gasteiger charge is -2.31. The highest BCUT2D eigenvalue weighted by Crippen LogP contribution is 2.30. The highest BCUT2D eigenvalue weighted by Gasteiger charge is 2.22. The number of aromatic nitrogens is 1. The Balaban J connectivity index is 1.71. The van der Waals surface area contributed by atoms with Crippen LogP contribution in [0.3, 0.4) is 0 Å². The van der Waals surface area contributed by atoms with E-state index in [0.717, 1.165) is 37.5 Å². The van der Waals surface area contributed by atoms with Crippen molar-refractivity contribution in [2.24, 2.45) is 0 Å². The van der Waals surface area contributed by atoms with Crippen molar-refractivity contribution in [2.45, 2.75) is 0 Å². The highest BCUT2D eigenvalue weighted by molar-refractivity contribution is 7.14. The first kappa shape index (κ1) is 14.9. The molecule has 1 aliphatic rings. The third kappa shape index (κ3) is 3.26. The molecule has 0 radical (unpaired) electrons. The Morgan fingerprint density at radius 3 is 2.59 bits per heavy atom. The van der Waals surface area contributed by atoms with E-state index in [1.54, 1.807) is 30.3 Å². The molecule has 0 unspecified atom stereocenters. The van der Waals surface area contributed by atoms with Gasteiger partial charge in [0.25, 0.3) is 5.88 Å². The lowest BCUT2D eigenvalue weighted by atomic mass is 10.2. The maximum absolute atomic E-state index is 14.0. The van der Waals surface area contributed by atoms with Crippen LogP contribution in [-0.4, -0.2) is 49.1 Å². The summed E-state index contributed by atoms with van der Waals surface area (Å²) in [6, 6.07) is 8.49. The van der Waals surface area contributed by atoms with Crippen LogP contribution in [0.15, 0.2) is 30.3 Å². The number of anilines is 1. The summed E-state index contributed by atoms with van der Waals surface area (Å²) >= 11 is 0.912. The second-order valence-electron chi connectivity index (χ2n) is 5.12. The van der Waals surface area contributed by atoms with Gasteiger partial charge in [-0.3, -0.25) is 0 Å². The zero-order valence-electron chi connectivity index (χ0n) is 12.2. The van der Waals surface area contributed by atoms with Crippen LogP contribution >= 0.6 is 11.3 Å². The molecule has 1 saturated heterocycles. The third-order valence-corrected chi connectivity index (χ3v) is 4.40. The maximum Gasteiger partial charge on any atom is 0.344 e. The number of nitrogens with zero attached hydrogens (tertiary/aromatic N) is 3. The van der Waals surface area contributed by atoms with E-state index in [-0.39, 0.29) is 5.88 Å². The molecule has 0 spiro atoms. The molecule has 1 aromatic carbocycles. The van der Waals surface area contributed by atoms with Crippen molar-refractivity contribution in [1.82, 2.24) is 9.88 Å². The van der Waals surface area contributed by atoms with Gasteiger partial charge in [0, 0.05) is 26.2 Å². The number of piperazine rings is 1. The molecule has 2 aromatic rings. The summed E-state index contributed by atoms with van der Waals surface area (Å²) in [5.41, 5.74) is 0.371. The van der Waals surface area contributed by atoms with Gasteiger partial charge in [0.15, 0.2) is 5.13 Å². The van der Waals surface area contributed by atoms with E-state index in [1.165, 1.54) is 0 Å². The number of carbonyl (C=O) groups is 1. The summed E-state index contributed by atoms with van der Waals surface area (Å²) < 4.78 is 19.0. The van der Waals surface area contributed by atoms with Crippen molar-refractivity contribution < 1.29 is 13.9 Å². The van der Waals surface area contributed by atoms with Crippen LogP contribution in [0.2, 0.25) is 0 Å². The van der Waals surface area contributed by atoms with Crippen molar-refractivity contribution in [1.29, 1.82) is 0 Å². The fraction of sp³-hybridized carbons (Fsp3) is 0.333. The van der Waals surface area contributed by atoms with E-state index in [1.807, 2.05) is 11.9 Å². The predicted molar refractivity (Wildman–Crippen MR) is 83.2 cm³/mol. The number of halogens is 1. The van der Waals surface area contributed by atoms with E-state index >= 15 is 0 Å². The third-order valence-electron chi connectivity index (χ3n) is 3.52. The molecule has 5 nitrogen and oxygen atoms in total. The van der Waals surface area contributed by atoms with Gasteiger partial charge in [-0.05, 0) is 19.2 Å². The molecular weight excluding hydrogens is 305 g/mol. The van der Waals surface area contributed by atoms with Crippen LogP contribution in [0, 0.1) is 5.13 Å². The van der Waals surface area contributed by atoms with Gasteiger partial charge < -0.3 is 14.5 Å². The molecule has 7 heteroatoms. The molecule has 22 heavy (non-hydrogen) atoms. The zero-order chi connectivity index (χ0) is 15.5. The number of esters is 1. The Morgan fingerprint density at radius 2 is 1.91 bits per heavy atom. The fourth-order valence-corrected chi connectivity index (χ4v) is 2.97. The van der Waals surface area contributed by atoms with Gasteiger partial charge in [0.05, 0.1) is 5.56 Å². The highest BCUT2D eigenvalue weighted by atomic mass is 32.1. The van der Waals surface area contributed by atoms with Gasteiger partial charge >= 0.3 is 5.97 Å². The monoisotopic (exact) mass is 321 g/mol. The SMILES string of the molecule is CN1CCN(c2nc(OC(=O)c3ccccc3)c(F)s2)CC1. The topological polar surface area (TPSA) is 45.7 Å². The number of thiazole rings is 1. The number of ether oxygens (including phenoxy) is 1. The van der Waals surface area contributed by atoms with Crippen LogP contribution in [0.4, 0.5) is 9.52 Å². The molecule has 2 heterocycles. The molecule has 0 N–H and O–H groups in total. The molecule has 0 saturated carbocycles. The first-order chi connectivity index (χ1) is 10.6. The van der Waals surface area contributed by atoms with Crippen molar-refractivity contribution in [3.05, 3.63) is 41.0 Å². The normalized spacial score (nSPS) is 15.8. The van der Waals surface area contributed by atoms with E-state index in [0.29, 0.717) is 10.7 Å². The van der Waals surface area contributed by atoms with Crippen molar-refractivity contribution in [3.63, 3.8) is 0 Å². The van der Waals surface area contributed by atoms with Gasteiger partial charge in [-0.2, -0.15) is 9.37 Å². The Bertz CT molecular complexity index is 654. The molecule has 0 aliphatic carbocycles. The molecule has 116 valence electrons. The zero-order valence-corrected chi connectivity index (χ0v) is 13.0. The van der Waals surface area contributed by atoms with Crippen LogP contribution in [0.25, 0.3) is 0 Å². The summed E-state index contributed by atoms with van der Waals surface area (Å²) in [6.45, 7) is 3.38. The summed E-state index contributed by atoms with van der Waals surface area (Å²) in [5, 5.41) is -0.0142. The first-order valence-electron chi connectivity index (χ1n) is 7.00. The number of hydrogen-bond donors (Lipinski definition) is 0. The van der Waals surface area contributed by atoms with E-state index < -0.39 is 11.1 Å². The second kappa shape index (κ2) is 6.41. The molecule has 0 atom stereocenters. The molecule has 3 rings (SSSR count). The van der Waals surface area contributed by atoms with E-state index in [9.17, 15) is 9.18 Å². The Labute approximate surface area is 131 Å². The number of benzene rings is 1. The quantitative estimate of drug-likeness (QED) is 0.812. The lowest BCUT2D eigenvalue weighted by Crippen LogP contribution is -2.44. The summed E-state index contributed by atoms with van der Waals surface area (Å²) in [5.74, 6) is -0.845. The number of hydrogen-bond acceptors (Lipinski definition) is 6. The average molecular weight is 321 g/mol. The van der Waals surface area contributed by atoms with Crippen LogP contribution in [-0.2, 0) is 0 Å². The Hall–Kier alpha value is -1.99. The standard InChI is InChI=1S/C15H16FN3O2S/c1-18-7-9-19(10-8-18)15-17-13(12(16)22-15)21-14(20)11-5-3-2-4-6-11/h2-6H,7-10H2,1H3. The number of likely N-dealkylation sites (N-methyl/N-ethyl adjacent to an activating group) is 1. The van der Waals surface area contributed by atoms with Crippen molar-refractivity contribution >= 4 is 22.4 Å². The molecule has 1 fully saturated rings. The van der Waals surface area contributed by atoms with Crippen molar-refractivity contribution in [2.75, 3.05) is 38.1 Å². The molecule has 0 bridgehead atoms. The van der Waals surface area contributed by atoms with E-state index in [2.05, 4.69) is 9.88 Å². The minimum Gasteiger partial charge on any atom is -0.400 e. The molecular formula is C15H16FN3O2S. The van der Waals surface area contributed by atoms with Gasteiger partial charge in [-0.1, -0.05) is 29.5 Å². The average Bonchev–Trinajstić information content (AvgIpc) is 2.90. The van der Waals surface area contributed by atoms with Crippen LogP contribution in [0.5, 0.6) is 5.88 Å². The van der Waals surface area contributed by atoms with Crippen molar-refractivity contribution in [3.8, 4) is 5.88 Å². The molecule has 1 aromatic heterocycles. The summed E-state index contributed by atoms with van der Waals surface area (Å²) in [6.07, 6.45) is 0. The number of rotatable bonds is 3.